The molecule has 0 amide bonds. The highest BCUT2D eigenvalue weighted by atomic mass is 19.1. The Bertz CT molecular complexity index is 1370. The van der Waals surface area contributed by atoms with E-state index < -0.39 is 22.9 Å². The van der Waals surface area contributed by atoms with Gasteiger partial charge in [-0.05, 0) is 36.2 Å². The lowest BCUT2D eigenvalue weighted by molar-refractivity contribution is 0.277. The van der Waals surface area contributed by atoms with E-state index in [-0.39, 0.29) is 37.3 Å². The zero-order valence-electron chi connectivity index (χ0n) is 16.8. The predicted octanol–water partition coefficient (Wildman–Crippen LogP) is 2.27. The summed E-state index contributed by atoms with van der Waals surface area (Å²) in [6.07, 6.45) is 0.240. The fourth-order valence-corrected chi connectivity index (χ4v) is 3.57. The van der Waals surface area contributed by atoms with Crippen LogP contribution in [0.3, 0.4) is 0 Å². The van der Waals surface area contributed by atoms with Crippen molar-refractivity contribution < 1.29 is 13.9 Å². The van der Waals surface area contributed by atoms with Crippen LogP contribution in [-0.2, 0) is 20.1 Å². The number of fused-ring (bicyclic) bond motifs is 1. The van der Waals surface area contributed by atoms with E-state index in [0.29, 0.717) is 17.0 Å². The van der Waals surface area contributed by atoms with Crippen LogP contribution in [0.5, 0.6) is 0 Å². The van der Waals surface area contributed by atoms with Crippen LogP contribution in [0.1, 0.15) is 12.0 Å². The summed E-state index contributed by atoms with van der Waals surface area (Å²) in [7, 11) is 1.50. The van der Waals surface area contributed by atoms with Crippen LogP contribution in [0, 0.1) is 11.6 Å². The van der Waals surface area contributed by atoms with Gasteiger partial charge in [-0.25, -0.2) is 18.6 Å². The predicted molar refractivity (Wildman–Crippen MR) is 112 cm³/mol. The van der Waals surface area contributed by atoms with Gasteiger partial charge in [-0.3, -0.25) is 13.9 Å². The molecule has 0 saturated heterocycles. The smallest absolute Gasteiger partial charge is 0.332 e. The van der Waals surface area contributed by atoms with Crippen LogP contribution in [0.4, 0.5) is 8.78 Å². The molecular weight excluding hydrogens is 406 g/mol. The molecule has 4 aromatic rings. The molecule has 0 aliphatic rings. The van der Waals surface area contributed by atoms with Gasteiger partial charge in [0, 0.05) is 32.3 Å². The first-order valence-corrected chi connectivity index (χ1v) is 9.72. The Morgan fingerprint density at radius 1 is 1.00 bits per heavy atom. The van der Waals surface area contributed by atoms with Crippen molar-refractivity contribution in [1.29, 1.82) is 0 Å². The largest absolute Gasteiger partial charge is 0.396 e. The van der Waals surface area contributed by atoms with Crippen molar-refractivity contribution in [3.05, 3.63) is 86.6 Å². The second-order valence-electron chi connectivity index (χ2n) is 7.21. The molecule has 0 fully saturated rings. The highest BCUT2D eigenvalue weighted by Crippen LogP contribution is 2.24. The molecule has 0 spiro atoms. The number of hydrogen-bond donors (Lipinski definition) is 1. The molecule has 2 aromatic carbocycles. The molecule has 9 heteroatoms. The van der Waals surface area contributed by atoms with Crippen LogP contribution in [0.2, 0.25) is 0 Å². The van der Waals surface area contributed by atoms with Crippen LogP contribution >= 0.6 is 0 Å². The van der Waals surface area contributed by atoms with Crippen molar-refractivity contribution in [3.8, 4) is 11.4 Å². The summed E-state index contributed by atoms with van der Waals surface area (Å²) in [4.78, 5) is 30.5. The zero-order valence-corrected chi connectivity index (χ0v) is 16.8. The van der Waals surface area contributed by atoms with E-state index in [0.717, 1.165) is 4.57 Å². The molecule has 2 heterocycles. The van der Waals surface area contributed by atoms with Crippen molar-refractivity contribution in [3.63, 3.8) is 0 Å². The normalized spacial score (nSPS) is 11.4. The van der Waals surface area contributed by atoms with Crippen LogP contribution in [-0.4, -0.2) is 30.4 Å². The summed E-state index contributed by atoms with van der Waals surface area (Å²) in [5.41, 5.74) is 0.368. The van der Waals surface area contributed by atoms with Gasteiger partial charge in [0.2, 0.25) is 0 Å². The van der Waals surface area contributed by atoms with Crippen molar-refractivity contribution >= 4 is 11.2 Å². The number of aliphatic hydroxyl groups excluding tert-OH is 1. The third-order valence-corrected chi connectivity index (χ3v) is 5.11. The number of aliphatic hydroxyl groups is 1. The van der Waals surface area contributed by atoms with Gasteiger partial charge in [0.05, 0.1) is 0 Å². The lowest BCUT2D eigenvalue weighted by atomic mass is 10.2. The maximum absolute atomic E-state index is 13.9. The number of imidazole rings is 1. The summed E-state index contributed by atoms with van der Waals surface area (Å²) in [6, 6.07) is 11.6. The molecule has 0 bridgehead atoms. The van der Waals surface area contributed by atoms with Gasteiger partial charge in [-0.15, -0.1) is 0 Å². The standard InChI is InChI=1S/C22H20F2N4O3/c1-26-20-18(21(30)27(22(26)31)10-3-11-29)28(13-14-6-8-16(23)9-7-14)19(25-20)15-4-2-5-17(24)12-15/h2,4-9,12,29H,3,10-11,13H2,1H3. The Labute approximate surface area is 175 Å². The van der Waals surface area contributed by atoms with Crippen molar-refractivity contribution in [2.24, 2.45) is 7.05 Å². The van der Waals surface area contributed by atoms with E-state index in [1.807, 2.05) is 0 Å². The maximum Gasteiger partial charge on any atom is 0.332 e. The third kappa shape index (κ3) is 3.79. The molecule has 0 aliphatic carbocycles. The van der Waals surface area contributed by atoms with Gasteiger partial charge in [0.15, 0.2) is 11.2 Å². The molecule has 2 aromatic heterocycles. The first-order chi connectivity index (χ1) is 14.9. The summed E-state index contributed by atoms with van der Waals surface area (Å²) in [5, 5.41) is 9.13. The zero-order chi connectivity index (χ0) is 22.1. The second-order valence-corrected chi connectivity index (χ2v) is 7.21. The van der Waals surface area contributed by atoms with Crippen LogP contribution in [0.25, 0.3) is 22.6 Å². The van der Waals surface area contributed by atoms with Crippen molar-refractivity contribution in [2.75, 3.05) is 6.61 Å². The average Bonchev–Trinajstić information content (AvgIpc) is 3.13. The summed E-state index contributed by atoms with van der Waals surface area (Å²) in [5.74, 6) is -0.545. The van der Waals surface area contributed by atoms with Gasteiger partial charge >= 0.3 is 5.69 Å². The van der Waals surface area contributed by atoms with E-state index in [9.17, 15) is 18.4 Å². The van der Waals surface area contributed by atoms with Gasteiger partial charge < -0.3 is 9.67 Å². The van der Waals surface area contributed by atoms with E-state index in [1.165, 1.54) is 41.9 Å². The minimum atomic E-state index is -0.553. The Kier molecular flexibility index (Phi) is 5.51. The minimum Gasteiger partial charge on any atom is -0.396 e. The number of aryl methyl sites for hydroxylation is 1. The van der Waals surface area contributed by atoms with E-state index in [1.54, 1.807) is 22.8 Å². The van der Waals surface area contributed by atoms with Gasteiger partial charge in [0.25, 0.3) is 5.56 Å². The molecular formula is C22H20F2N4O3. The lowest BCUT2D eigenvalue weighted by Gasteiger charge is -2.11. The molecule has 0 aliphatic heterocycles. The molecule has 0 radical (unpaired) electrons. The molecule has 0 unspecified atom stereocenters. The Morgan fingerprint density at radius 3 is 2.42 bits per heavy atom. The quantitative estimate of drug-likeness (QED) is 0.513. The maximum atomic E-state index is 13.9. The monoisotopic (exact) mass is 426 g/mol. The van der Waals surface area contributed by atoms with Gasteiger partial charge in [-0.2, -0.15) is 0 Å². The molecule has 4 rings (SSSR count). The number of nitrogens with zero attached hydrogens (tertiary/aromatic N) is 4. The Morgan fingerprint density at radius 2 is 1.74 bits per heavy atom. The number of benzene rings is 2. The fourth-order valence-electron chi connectivity index (χ4n) is 3.57. The molecule has 0 saturated carbocycles. The van der Waals surface area contributed by atoms with Crippen LogP contribution in [0.15, 0.2) is 58.1 Å². The first-order valence-electron chi connectivity index (χ1n) is 9.72. The molecule has 7 nitrogen and oxygen atoms in total. The van der Waals surface area contributed by atoms with E-state index >= 15 is 0 Å². The summed E-state index contributed by atoms with van der Waals surface area (Å²) in [6.45, 7) is 0.0437. The highest BCUT2D eigenvalue weighted by Gasteiger charge is 2.21. The van der Waals surface area contributed by atoms with Gasteiger partial charge in [0.1, 0.15) is 17.5 Å². The lowest BCUT2D eigenvalue weighted by Crippen LogP contribution is -2.39. The number of hydrogen-bond acceptors (Lipinski definition) is 4. The van der Waals surface area contributed by atoms with Gasteiger partial charge in [-0.1, -0.05) is 24.3 Å². The molecule has 160 valence electrons. The summed E-state index contributed by atoms with van der Waals surface area (Å²) >= 11 is 0. The fraction of sp³-hybridized carbons (Fsp3) is 0.227. The SMILES string of the molecule is Cn1c(=O)n(CCCO)c(=O)c2c1nc(-c1cccc(F)c1)n2Cc1ccc(F)cc1. The molecule has 1 N–H and O–H groups in total. The molecule has 0 atom stereocenters. The first kappa shape index (κ1) is 20.7. The van der Waals surface area contributed by atoms with Crippen molar-refractivity contribution in [1.82, 2.24) is 18.7 Å². The van der Waals surface area contributed by atoms with E-state index in [2.05, 4.69) is 4.98 Å². The summed E-state index contributed by atoms with van der Waals surface area (Å²) < 4.78 is 31.2. The van der Waals surface area contributed by atoms with Crippen LogP contribution < -0.4 is 11.2 Å². The molecule has 31 heavy (non-hydrogen) atoms. The Hall–Kier alpha value is -3.59. The topological polar surface area (TPSA) is 82.0 Å². The average molecular weight is 426 g/mol. The Balaban J connectivity index is 2.03. The third-order valence-electron chi connectivity index (χ3n) is 5.11. The number of halogens is 2. The van der Waals surface area contributed by atoms with E-state index in [4.69, 9.17) is 5.11 Å². The highest BCUT2D eigenvalue weighted by molar-refractivity contribution is 5.77. The minimum absolute atomic E-state index is 0.0506. The number of rotatable bonds is 6. The van der Waals surface area contributed by atoms with Crippen molar-refractivity contribution in [2.45, 2.75) is 19.5 Å². The number of aromatic nitrogens is 4. The second kappa shape index (κ2) is 8.27.